The molecule has 1 amide bonds. The Bertz CT molecular complexity index is 1050. The summed E-state index contributed by atoms with van der Waals surface area (Å²) in [6, 6.07) is 5.95. The Morgan fingerprint density at radius 2 is 2.00 bits per heavy atom. The molecule has 1 aromatic carbocycles. The van der Waals surface area contributed by atoms with Crippen LogP contribution in [0.4, 0.5) is 10.2 Å². The van der Waals surface area contributed by atoms with Crippen LogP contribution in [0.2, 0.25) is 0 Å². The third-order valence-corrected chi connectivity index (χ3v) is 5.79. The molecule has 2 aromatic heterocycles. The monoisotopic (exact) mass is 428 g/mol. The highest BCUT2D eigenvalue weighted by atomic mass is 32.2. The zero-order valence-corrected chi connectivity index (χ0v) is 18.0. The Morgan fingerprint density at radius 1 is 1.23 bits per heavy atom. The smallest absolute Gasteiger partial charge is 0.254 e. The molecule has 7 nitrogen and oxygen atoms in total. The van der Waals surface area contributed by atoms with E-state index in [1.54, 1.807) is 34.8 Å². The lowest BCUT2D eigenvalue weighted by Crippen LogP contribution is -2.28. The van der Waals surface area contributed by atoms with Crippen molar-refractivity contribution >= 4 is 34.5 Å². The van der Waals surface area contributed by atoms with Gasteiger partial charge in [-0.2, -0.15) is 5.10 Å². The number of rotatable bonds is 7. The third-order valence-electron chi connectivity index (χ3n) is 4.93. The topological polar surface area (TPSA) is 75.9 Å². The number of anilines is 1. The van der Waals surface area contributed by atoms with Gasteiger partial charge >= 0.3 is 0 Å². The minimum Gasteiger partial charge on any atom is -0.356 e. The second kappa shape index (κ2) is 8.99. The summed E-state index contributed by atoms with van der Waals surface area (Å²) < 4.78 is 15.6. The first-order chi connectivity index (χ1) is 14.5. The van der Waals surface area contributed by atoms with E-state index in [9.17, 15) is 9.18 Å². The molecule has 1 aliphatic rings. The van der Waals surface area contributed by atoms with Crippen molar-refractivity contribution in [3.8, 4) is 0 Å². The van der Waals surface area contributed by atoms with Crippen LogP contribution in [-0.4, -0.2) is 50.5 Å². The fourth-order valence-corrected chi connectivity index (χ4v) is 4.23. The predicted octanol–water partition coefficient (Wildman–Crippen LogP) is 3.50. The van der Waals surface area contributed by atoms with Crippen LogP contribution < -0.4 is 10.2 Å². The highest BCUT2D eigenvalue weighted by Gasteiger charge is 2.21. The molecule has 1 saturated heterocycles. The lowest BCUT2D eigenvalue weighted by molar-refractivity contribution is 0.0948. The first kappa shape index (κ1) is 20.6. The maximum atomic E-state index is 13.8. The molecule has 4 rings (SSSR count). The first-order valence-corrected chi connectivity index (χ1v) is 11.1. The summed E-state index contributed by atoms with van der Waals surface area (Å²) in [5, 5.41) is 9.27. The molecule has 3 heterocycles. The Labute approximate surface area is 179 Å². The Hall–Kier alpha value is -2.68. The van der Waals surface area contributed by atoms with Crippen LogP contribution in [0.3, 0.4) is 0 Å². The van der Waals surface area contributed by atoms with Gasteiger partial charge in [-0.25, -0.2) is 19.0 Å². The van der Waals surface area contributed by atoms with E-state index < -0.39 is 11.7 Å². The number of amides is 1. The van der Waals surface area contributed by atoms with E-state index in [1.165, 1.54) is 12.1 Å². The van der Waals surface area contributed by atoms with Crippen molar-refractivity contribution in [3.05, 3.63) is 41.8 Å². The van der Waals surface area contributed by atoms with Gasteiger partial charge in [-0.1, -0.05) is 37.7 Å². The molecular weight excluding hydrogens is 403 g/mol. The van der Waals surface area contributed by atoms with Crippen LogP contribution in [0.1, 0.15) is 37.0 Å². The highest BCUT2D eigenvalue weighted by molar-refractivity contribution is 7.99. The minimum absolute atomic E-state index is 0.0390. The number of thioether (sulfide) groups is 1. The first-order valence-electron chi connectivity index (χ1n) is 10.2. The maximum absolute atomic E-state index is 13.8. The normalized spacial score (nSPS) is 14.1. The summed E-state index contributed by atoms with van der Waals surface area (Å²) in [5.74, 6) is -0.0341. The molecule has 1 fully saturated rings. The second-order valence-electron chi connectivity index (χ2n) is 7.53. The third kappa shape index (κ3) is 4.40. The molecule has 0 atom stereocenters. The summed E-state index contributed by atoms with van der Waals surface area (Å²) >= 11 is 1.62. The number of hydrogen-bond acceptors (Lipinski definition) is 6. The number of halogens is 1. The van der Waals surface area contributed by atoms with E-state index >= 15 is 0 Å². The van der Waals surface area contributed by atoms with Gasteiger partial charge in [0.2, 0.25) is 0 Å². The zero-order chi connectivity index (χ0) is 21.1. The zero-order valence-electron chi connectivity index (χ0n) is 17.1. The van der Waals surface area contributed by atoms with E-state index in [2.05, 4.69) is 29.2 Å². The summed E-state index contributed by atoms with van der Waals surface area (Å²) in [6.45, 7) is 6.96. The van der Waals surface area contributed by atoms with Crippen molar-refractivity contribution in [1.82, 2.24) is 25.1 Å². The quantitative estimate of drug-likeness (QED) is 0.459. The SMILES string of the molecule is CC(C)Sc1nc(N2CCCC2)c2cnn(CCNC(=O)c3ccccc3F)c2n1. The Morgan fingerprint density at radius 3 is 2.73 bits per heavy atom. The van der Waals surface area contributed by atoms with E-state index in [0.717, 1.165) is 47.9 Å². The van der Waals surface area contributed by atoms with Crippen molar-refractivity contribution in [2.24, 2.45) is 0 Å². The van der Waals surface area contributed by atoms with Crippen molar-refractivity contribution in [2.45, 2.75) is 43.6 Å². The number of benzene rings is 1. The summed E-state index contributed by atoms with van der Waals surface area (Å²) in [6.07, 6.45) is 4.12. The van der Waals surface area contributed by atoms with Crippen LogP contribution in [-0.2, 0) is 6.54 Å². The average molecular weight is 429 g/mol. The van der Waals surface area contributed by atoms with Crippen LogP contribution in [0.15, 0.2) is 35.6 Å². The Kier molecular flexibility index (Phi) is 6.17. The van der Waals surface area contributed by atoms with Crippen molar-refractivity contribution in [3.63, 3.8) is 0 Å². The molecule has 0 spiro atoms. The largest absolute Gasteiger partial charge is 0.356 e. The number of carbonyl (C=O) groups excluding carboxylic acids is 1. The van der Waals surface area contributed by atoms with Crippen molar-refractivity contribution in [2.75, 3.05) is 24.5 Å². The second-order valence-corrected chi connectivity index (χ2v) is 9.07. The lowest BCUT2D eigenvalue weighted by Gasteiger charge is -2.18. The van der Waals surface area contributed by atoms with E-state index in [1.807, 2.05) is 0 Å². The van der Waals surface area contributed by atoms with E-state index in [0.29, 0.717) is 18.3 Å². The molecule has 0 bridgehead atoms. The fourth-order valence-electron chi connectivity index (χ4n) is 3.53. The highest BCUT2D eigenvalue weighted by Crippen LogP contribution is 2.30. The van der Waals surface area contributed by atoms with Gasteiger partial charge < -0.3 is 10.2 Å². The van der Waals surface area contributed by atoms with Crippen LogP contribution >= 0.6 is 11.8 Å². The molecule has 30 heavy (non-hydrogen) atoms. The molecule has 0 saturated carbocycles. The van der Waals surface area contributed by atoms with Gasteiger partial charge in [-0.05, 0) is 25.0 Å². The summed E-state index contributed by atoms with van der Waals surface area (Å²) in [4.78, 5) is 24.1. The van der Waals surface area contributed by atoms with E-state index in [4.69, 9.17) is 9.97 Å². The van der Waals surface area contributed by atoms with E-state index in [-0.39, 0.29) is 5.56 Å². The summed E-state index contributed by atoms with van der Waals surface area (Å²) in [5.41, 5.74) is 0.798. The van der Waals surface area contributed by atoms with Crippen LogP contribution in [0, 0.1) is 5.82 Å². The Balaban J connectivity index is 1.54. The molecule has 0 aliphatic carbocycles. The standard InChI is InChI=1S/C21H25FN6OS/c1-14(2)30-21-25-18(27-10-5-6-11-27)16-13-24-28(19(16)26-21)12-9-23-20(29)15-7-3-4-8-17(15)22/h3-4,7-8,13-14H,5-6,9-12H2,1-2H3,(H,23,29). The van der Waals surface area contributed by atoms with Crippen LogP contribution in [0.5, 0.6) is 0 Å². The van der Waals surface area contributed by atoms with Gasteiger partial charge in [0.25, 0.3) is 5.91 Å². The molecular formula is C21H25FN6OS. The van der Waals surface area contributed by atoms with Crippen molar-refractivity contribution in [1.29, 1.82) is 0 Å². The number of carbonyl (C=O) groups is 1. The van der Waals surface area contributed by atoms with Gasteiger partial charge in [0.15, 0.2) is 10.8 Å². The number of aromatic nitrogens is 4. The molecule has 158 valence electrons. The molecule has 0 radical (unpaired) electrons. The maximum Gasteiger partial charge on any atom is 0.254 e. The van der Waals surface area contributed by atoms with Crippen LogP contribution in [0.25, 0.3) is 11.0 Å². The number of hydrogen-bond donors (Lipinski definition) is 1. The molecule has 1 aliphatic heterocycles. The number of nitrogens with zero attached hydrogens (tertiary/aromatic N) is 5. The van der Waals surface area contributed by atoms with Gasteiger partial charge in [0.1, 0.15) is 11.6 Å². The molecule has 0 unspecified atom stereocenters. The van der Waals surface area contributed by atoms with Gasteiger partial charge in [0, 0.05) is 24.9 Å². The summed E-state index contributed by atoms with van der Waals surface area (Å²) in [7, 11) is 0. The number of fused-ring (bicyclic) bond motifs is 1. The lowest BCUT2D eigenvalue weighted by atomic mass is 10.2. The minimum atomic E-state index is -0.530. The average Bonchev–Trinajstić information content (AvgIpc) is 3.38. The molecule has 3 aromatic rings. The number of nitrogens with one attached hydrogen (secondary N) is 1. The van der Waals surface area contributed by atoms with Gasteiger partial charge in [-0.3, -0.25) is 4.79 Å². The molecule has 1 N–H and O–H groups in total. The van der Waals surface area contributed by atoms with Gasteiger partial charge in [-0.15, -0.1) is 0 Å². The van der Waals surface area contributed by atoms with Crippen molar-refractivity contribution < 1.29 is 9.18 Å². The fraction of sp³-hybridized carbons (Fsp3) is 0.429. The predicted molar refractivity (Wildman–Crippen MR) is 116 cm³/mol. The molecule has 9 heteroatoms. The van der Waals surface area contributed by atoms with Gasteiger partial charge in [0.05, 0.1) is 23.7 Å².